The number of carbonyl (C=O) groups is 3. The SMILES string of the molecule is CC(C)O.O=C(NCC(O)C(=O)O)c1ccc(CN(C(=O)Nc2cc(Cl)cc(Cl)c2)c2ccc(C3=CCCCC3)cc2)cc1. The van der Waals surface area contributed by atoms with Crippen molar-refractivity contribution in [3.63, 3.8) is 0 Å². The van der Waals surface area contributed by atoms with Crippen LogP contribution in [0.15, 0.2) is 72.8 Å². The van der Waals surface area contributed by atoms with Crippen molar-refractivity contribution in [3.8, 4) is 0 Å². The van der Waals surface area contributed by atoms with Gasteiger partial charge >= 0.3 is 12.0 Å². The van der Waals surface area contributed by atoms with Gasteiger partial charge in [0.1, 0.15) is 0 Å². The zero-order valence-electron chi connectivity index (χ0n) is 24.6. The van der Waals surface area contributed by atoms with E-state index in [-0.39, 0.29) is 18.2 Å². The Labute approximate surface area is 267 Å². The lowest BCUT2D eigenvalue weighted by Crippen LogP contribution is -2.36. The normalized spacial score (nSPS) is 13.2. The molecule has 4 rings (SSSR count). The van der Waals surface area contributed by atoms with Crippen LogP contribution in [0.2, 0.25) is 10.0 Å². The molecule has 1 aliphatic carbocycles. The van der Waals surface area contributed by atoms with Gasteiger partial charge in [-0.05, 0) is 98.7 Å². The van der Waals surface area contributed by atoms with E-state index < -0.39 is 30.6 Å². The minimum atomic E-state index is -1.69. The van der Waals surface area contributed by atoms with Crippen molar-refractivity contribution in [1.82, 2.24) is 5.32 Å². The van der Waals surface area contributed by atoms with Gasteiger partial charge in [0, 0.05) is 33.1 Å². The average Bonchev–Trinajstić information content (AvgIpc) is 2.98. The number of urea groups is 1. The Morgan fingerprint density at radius 3 is 2.07 bits per heavy atom. The van der Waals surface area contributed by atoms with Crippen LogP contribution >= 0.6 is 23.2 Å². The number of halogens is 2. The molecule has 11 heteroatoms. The molecule has 3 aromatic carbocycles. The first kappa shape index (κ1) is 34.6. The maximum Gasteiger partial charge on any atom is 0.334 e. The zero-order valence-corrected chi connectivity index (χ0v) is 26.1. The van der Waals surface area contributed by atoms with E-state index in [2.05, 4.69) is 16.7 Å². The van der Waals surface area contributed by atoms with Crippen molar-refractivity contribution in [2.24, 2.45) is 0 Å². The first-order valence-electron chi connectivity index (χ1n) is 14.2. The molecule has 0 spiro atoms. The van der Waals surface area contributed by atoms with Crippen molar-refractivity contribution in [1.29, 1.82) is 0 Å². The Kier molecular flexibility index (Phi) is 13.2. The number of benzene rings is 3. The minimum absolute atomic E-state index is 0.167. The second-order valence-corrected chi connectivity index (χ2v) is 11.4. The molecule has 3 amide bonds. The van der Waals surface area contributed by atoms with Crippen LogP contribution in [0.3, 0.4) is 0 Å². The van der Waals surface area contributed by atoms with Gasteiger partial charge in [0.15, 0.2) is 6.10 Å². The maximum atomic E-state index is 13.5. The first-order chi connectivity index (χ1) is 20.9. The molecule has 0 fully saturated rings. The van der Waals surface area contributed by atoms with Gasteiger partial charge in [-0.1, -0.05) is 53.5 Å². The van der Waals surface area contributed by atoms with Gasteiger partial charge < -0.3 is 26.0 Å². The number of carboxylic acid groups (broad SMARTS) is 1. The monoisotopic (exact) mass is 641 g/mol. The van der Waals surface area contributed by atoms with E-state index in [0.29, 0.717) is 21.4 Å². The van der Waals surface area contributed by atoms with Crippen molar-refractivity contribution in [3.05, 3.63) is 99.5 Å². The summed E-state index contributed by atoms with van der Waals surface area (Å²) in [5.74, 6) is -1.94. The van der Waals surface area contributed by atoms with Crippen molar-refractivity contribution in [2.45, 2.75) is 58.3 Å². The molecule has 0 heterocycles. The number of nitrogens with zero attached hydrogens (tertiary/aromatic N) is 1. The number of hydrogen-bond acceptors (Lipinski definition) is 5. The van der Waals surface area contributed by atoms with Crippen LogP contribution in [0.5, 0.6) is 0 Å². The summed E-state index contributed by atoms with van der Waals surface area (Å²) in [6.45, 7) is 3.23. The van der Waals surface area contributed by atoms with E-state index in [1.54, 1.807) is 61.2 Å². The van der Waals surface area contributed by atoms with E-state index >= 15 is 0 Å². The third-order valence-corrected chi connectivity index (χ3v) is 6.93. The van der Waals surface area contributed by atoms with Gasteiger partial charge in [-0.3, -0.25) is 9.69 Å². The highest BCUT2D eigenvalue weighted by Crippen LogP contribution is 2.29. The number of aliphatic hydroxyl groups excluding tert-OH is 2. The van der Waals surface area contributed by atoms with E-state index in [9.17, 15) is 19.5 Å². The first-order valence-corrected chi connectivity index (χ1v) is 15.0. The predicted octanol–water partition coefficient (Wildman–Crippen LogP) is 6.75. The predicted molar refractivity (Wildman–Crippen MR) is 174 cm³/mol. The Bertz CT molecular complexity index is 1440. The highest BCUT2D eigenvalue weighted by atomic mass is 35.5. The van der Waals surface area contributed by atoms with E-state index in [1.807, 2.05) is 24.3 Å². The lowest BCUT2D eigenvalue weighted by Gasteiger charge is -2.24. The average molecular weight is 643 g/mol. The molecule has 1 unspecified atom stereocenters. The Hall–Kier alpha value is -3.89. The molecule has 3 aromatic rings. The third kappa shape index (κ3) is 11.0. The largest absolute Gasteiger partial charge is 0.479 e. The number of allylic oxidation sites excluding steroid dienone is 2. The van der Waals surface area contributed by atoms with Crippen molar-refractivity contribution >= 4 is 58.1 Å². The van der Waals surface area contributed by atoms with Crippen molar-refractivity contribution in [2.75, 3.05) is 16.8 Å². The number of aliphatic hydroxyl groups is 2. The van der Waals surface area contributed by atoms with E-state index in [4.69, 9.17) is 33.4 Å². The minimum Gasteiger partial charge on any atom is -0.479 e. The van der Waals surface area contributed by atoms with Gasteiger partial charge in [0.25, 0.3) is 5.91 Å². The van der Waals surface area contributed by atoms with Gasteiger partial charge in [-0.2, -0.15) is 0 Å². The summed E-state index contributed by atoms with van der Waals surface area (Å²) >= 11 is 12.2. The molecule has 0 bridgehead atoms. The fourth-order valence-corrected chi connectivity index (χ4v) is 4.90. The van der Waals surface area contributed by atoms with Gasteiger partial charge in [-0.15, -0.1) is 0 Å². The molecule has 0 saturated heterocycles. The number of aliphatic carboxylic acids is 1. The van der Waals surface area contributed by atoms with E-state index in [1.165, 1.54) is 18.4 Å². The molecular formula is C33H37Cl2N3O6. The highest BCUT2D eigenvalue weighted by molar-refractivity contribution is 6.35. The molecule has 0 radical (unpaired) electrons. The number of carboxylic acids is 1. The number of hydrogen-bond donors (Lipinski definition) is 5. The molecule has 1 atom stereocenters. The zero-order chi connectivity index (χ0) is 32.2. The van der Waals surface area contributed by atoms with Gasteiger partial charge in [0.05, 0.1) is 13.1 Å². The Morgan fingerprint density at radius 1 is 0.909 bits per heavy atom. The third-order valence-electron chi connectivity index (χ3n) is 6.50. The van der Waals surface area contributed by atoms with Crippen molar-refractivity contribution < 1.29 is 29.7 Å². The van der Waals surface area contributed by atoms with Gasteiger partial charge in [0.2, 0.25) is 0 Å². The second-order valence-electron chi connectivity index (χ2n) is 10.6. The molecule has 234 valence electrons. The number of rotatable bonds is 9. The summed E-state index contributed by atoms with van der Waals surface area (Å²) in [6, 6.07) is 18.8. The summed E-state index contributed by atoms with van der Waals surface area (Å²) < 4.78 is 0. The summed E-state index contributed by atoms with van der Waals surface area (Å²) in [5.41, 5.74) is 4.61. The van der Waals surface area contributed by atoms with Gasteiger partial charge in [-0.25, -0.2) is 9.59 Å². The number of carbonyl (C=O) groups excluding carboxylic acids is 2. The van der Waals surface area contributed by atoms with E-state index in [0.717, 1.165) is 24.0 Å². The summed E-state index contributed by atoms with van der Waals surface area (Å²) in [4.78, 5) is 38.2. The molecular weight excluding hydrogens is 605 g/mol. The lowest BCUT2D eigenvalue weighted by molar-refractivity contribution is -0.146. The number of amides is 3. The lowest BCUT2D eigenvalue weighted by atomic mass is 9.93. The highest BCUT2D eigenvalue weighted by Gasteiger charge is 2.19. The van der Waals surface area contributed by atoms with Crippen LogP contribution < -0.4 is 15.5 Å². The smallest absolute Gasteiger partial charge is 0.334 e. The molecule has 0 saturated carbocycles. The topological polar surface area (TPSA) is 139 Å². The van der Waals surface area contributed by atoms with Crippen LogP contribution in [-0.4, -0.2) is 52.0 Å². The second kappa shape index (κ2) is 16.8. The fraction of sp³-hybridized carbons (Fsp3) is 0.303. The fourth-order valence-electron chi connectivity index (χ4n) is 4.38. The molecule has 9 nitrogen and oxygen atoms in total. The Morgan fingerprint density at radius 2 is 1.52 bits per heavy atom. The number of nitrogens with one attached hydrogen (secondary N) is 2. The van der Waals surface area contributed by atoms with Crippen LogP contribution in [0.1, 0.15) is 61.0 Å². The van der Waals surface area contributed by atoms with Crippen LogP contribution in [0, 0.1) is 0 Å². The maximum absolute atomic E-state index is 13.5. The van der Waals surface area contributed by atoms with Crippen LogP contribution in [0.4, 0.5) is 16.2 Å². The molecule has 5 N–H and O–H groups in total. The summed E-state index contributed by atoms with van der Waals surface area (Å²) in [7, 11) is 0. The molecule has 0 aliphatic heterocycles. The summed E-state index contributed by atoms with van der Waals surface area (Å²) in [6.07, 6.45) is 4.89. The summed E-state index contributed by atoms with van der Waals surface area (Å²) in [5, 5.41) is 32.2. The number of anilines is 2. The van der Waals surface area contributed by atoms with Crippen LogP contribution in [0.25, 0.3) is 5.57 Å². The molecule has 1 aliphatic rings. The Balaban J connectivity index is 0.00000124. The molecule has 44 heavy (non-hydrogen) atoms. The standard InChI is InChI=1S/C30H29Cl2N3O5.C3H8O/c31-23-14-24(32)16-25(15-23)34-30(40)35(26-12-10-21(11-13-26)20-4-2-1-3-5-20)18-19-6-8-22(9-7-19)28(37)33-17-27(36)29(38)39;1-3(2)4/h4,6-16,27,36H,1-3,5,17-18H2,(H,33,37)(H,34,40)(H,38,39);3-4H,1-2H3. The quantitative estimate of drug-likeness (QED) is 0.175. The van der Waals surface area contributed by atoms with Crippen LogP contribution in [-0.2, 0) is 11.3 Å². The molecule has 0 aromatic heterocycles.